The Labute approximate surface area is 130 Å². The summed E-state index contributed by atoms with van der Waals surface area (Å²) in [6, 6.07) is 3.88. The Balaban J connectivity index is 1.49. The zero-order chi connectivity index (χ0) is 14.5. The molecule has 0 amide bonds. The molecule has 0 saturated carbocycles. The van der Waals surface area contributed by atoms with Crippen LogP contribution in [0.25, 0.3) is 10.8 Å². The van der Waals surface area contributed by atoms with Gasteiger partial charge in [-0.3, -0.25) is 4.90 Å². The number of nitrogens with zero attached hydrogens (tertiary/aromatic N) is 2. The van der Waals surface area contributed by atoms with Crippen LogP contribution in [0.4, 0.5) is 0 Å². The molecule has 0 aliphatic carbocycles. The number of thiazole rings is 1. The Morgan fingerprint density at radius 2 is 2.29 bits per heavy atom. The van der Waals surface area contributed by atoms with E-state index < -0.39 is 0 Å². The molecule has 21 heavy (non-hydrogen) atoms. The summed E-state index contributed by atoms with van der Waals surface area (Å²) in [4.78, 5) is 7.21. The average Bonchev–Trinajstić information content (AvgIpc) is 3.17. The highest BCUT2D eigenvalue weighted by atomic mass is 32.1. The number of piperidine rings is 1. The summed E-state index contributed by atoms with van der Waals surface area (Å²) in [6.07, 6.45) is 5.64. The van der Waals surface area contributed by atoms with Gasteiger partial charge in [-0.25, -0.2) is 4.98 Å². The monoisotopic (exact) mass is 305 g/mol. The second-order valence-corrected chi connectivity index (χ2v) is 6.59. The molecule has 5 heteroatoms. The van der Waals surface area contributed by atoms with E-state index in [1.165, 1.54) is 38.0 Å². The highest BCUT2D eigenvalue weighted by molar-refractivity contribution is 7.13. The first-order valence-electron chi connectivity index (χ1n) is 7.70. The van der Waals surface area contributed by atoms with Crippen molar-refractivity contribution in [1.82, 2.24) is 15.2 Å². The first kappa shape index (κ1) is 14.8. The van der Waals surface area contributed by atoms with E-state index in [-0.39, 0.29) is 0 Å². The smallest absolute Gasteiger partial charge is 0.162 e. The van der Waals surface area contributed by atoms with Crippen LogP contribution in [-0.2, 0) is 6.54 Å². The third-order valence-electron chi connectivity index (χ3n) is 4.18. The summed E-state index contributed by atoms with van der Waals surface area (Å²) in [7, 11) is 2.04. The van der Waals surface area contributed by atoms with Gasteiger partial charge in [0.1, 0.15) is 0 Å². The molecule has 2 aromatic rings. The third-order valence-corrected chi connectivity index (χ3v) is 5.08. The number of hydrogen-bond acceptors (Lipinski definition) is 5. The van der Waals surface area contributed by atoms with Gasteiger partial charge in [0.25, 0.3) is 0 Å². The van der Waals surface area contributed by atoms with Gasteiger partial charge in [-0.05, 0) is 64.0 Å². The molecule has 0 aromatic carbocycles. The maximum atomic E-state index is 5.40. The number of hydrogen-bond donors (Lipinski definition) is 1. The third kappa shape index (κ3) is 3.93. The molecule has 0 unspecified atom stereocenters. The van der Waals surface area contributed by atoms with E-state index in [0.29, 0.717) is 0 Å². The first-order valence-corrected chi connectivity index (χ1v) is 8.58. The second-order valence-electron chi connectivity index (χ2n) is 5.73. The van der Waals surface area contributed by atoms with Crippen molar-refractivity contribution < 1.29 is 4.42 Å². The van der Waals surface area contributed by atoms with Gasteiger partial charge in [-0.15, -0.1) is 11.3 Å². The number of nitrogens with one attached hydrogen (secondary N) is 1. The molecular formula is C16H23N3OS. The molecule has 1 saturated heterocycles. The minimum Gasteiger partial charge on any atom is -0.462 e. The minimum atomic E-state index is 0.872. The summed E-state index contributed by atoms with van der Waals surface area (Å²) in [6.45, 7) is 4.50. The Hall–Kier alpha value is -1.17. The van der Waals surface area contributed by atoms with E-state index in [4.69, 9.17) is 4.42 Å². The van der Waals surface area contributed by atoms with Gasteiger partial charge in [-0.1, -0.05) is 0 Å². The van der Waals surface area contributed by atoms with Crippen molar-refractivity contribution in [2.75, 3.05) is 26.7 Å². The summed E-state index contributed by atoms with van der Waals surface area (Å²) >= 11 is 1.67. The van der Waals surface area contributed by atoms with Crippen LogP contribution in [0.1, 0.15) is 25.0 Å². The lowest BCUT2D eigenvalue weighted by Crippen LogP contribution is -2.34. The van der Waals surface area contributed by atoms with E-state index in [9.17, 15) is 0 Å². The molecule has 1 aliphatic heterocycles. The lowest BCUT2D eigenvalue weighted by molar-refractivity contribution is 0.171. The number of furan rings is 1. The summed E-state index contributed by atoms with van der Waals surface area (Å²) in [5.74, 6) is 1.76. The van der Waals surface area contributed by atoms with Crippen LogP contribution in [0, 0.1) is 5.92 Å². The van der Waals surface area contributed by atoms with Gasteiger partial charge in [0.15, 0.2) is 10.8 Å². The van der Waals surface area contributed by atoms with Crippen molar-refractivity contribution in [3.8, 4) is 10.8 Å². The van der Waals surface area contributed by atoms with Crippen molar-refractivity contribution in [3.05, 3.63) is 29.5 Å². The van der Waals surface area contributed by atoms with Crippen LogP contribution < -0.4 is 5.32 Å². The van der Waals surface area contributed by atoms with Crippen molar-refractivity contribution in [1.29, 1.82) is 0 Å². The molecule has 0 atom stereocenters. The van der Waals surface area contributed by atoms with Crippen LogP contribution in [0.3, 0.4) is 0 Å². The quantitative estimate of drug-likeness (QED) is 0.889. The molecule has 1 N–H and O–H groups in total. The van der Waals surface area contributed by atoms with Crippen LogP contribution >= 0.6 is 11.3 Å². The van der Waals surface area contributed by atoms with E-state index in [1.807, 2.05) is 19.2 Å². The minimum absolute atomic E-state index is 0.872. The Bertz CT molecular complexity index is 529. The maximum absolute atomic E-state index is 5.40. The molecule has 114 valence electrons. The summed E-state index contributed by atoms with van der Waals surface area (Å²) < 4.78 is 5.40. The zero-order valence-corrected chi connectivity index (χ0v) is 13.4. The molecule has 1 fully saturated rings. The van der Waals surface area contributed by atoms with Gasteiger partial charge in [-0.2, -0.15) is 0 Å². The molecule has 1 aliphatic rings. The van der Waals surface area contributed by atoms with E-state index in [0.717, 1.165) is 29.8 Å². The van der Waals surface area contributed by atoms with E-state index >= 15 is 0 Å². The fourth-order valence-corrected chi connectivity index (χ4v) is 3.68. The van der Waals surface area contributed by atoms with Gasteiger partial charge in [0.2, 0.25) is 0 Å². The largest absolute Gasteiger partial charge is 0.462 e. The molecular weight excluding hydrogens is 282 g/mol. The van der Waals surface area contributed by atoms with Gasteiger partial charge >= 0.3 is 0 Å². The predicted molar refractivity (Wildman–Crippen MR) is 86.4 cm³/mol. The SMILES string of the molecule is CNCCC1CCN(Cc2csc(-c3ccco3)n2)CC1. The number of rotatable bonds is 6. The molecule has 3 heterocycles. The Morgan fingerprint density at radius 1 is 1.43 bits per heavy atom. The van der Waals surface area contributed by atoms with Gasteiger partial charge in [0.05, 0.1) is 12.0 Å². The van der Waals surface area contributed by atoms with Crippen molar-refractivity contribution in [3.63, 3.8) is 0 Å². The van der Waals surface area contributed by atoms with Crippen LogP contribution in [0.2, 0.25) is 0 Å². The van der Waals surface area contributed by atoms with Gasteiger partial charge < -0.3 is 9.73 Å². The van der Waals surface area contributed by atoms with E-state index in [2.05, 4.69) is 20.6 Å². The normalized spacial score (nSPS) is 17.4. The molecule has 3 rings (SSSR count). The van der Waals surface area contributed by atoms with Crippen LogP contribution in [-0.4, -0.2) is 36.6 Å². The fourth-order valence-electron chi connectivity index (χ4n) is 2.90. The maximum Gasteiger partial charge on any atom is 0.162 e. The molecule has 2 aromatic heterocycles. The van der Waals surface area contributed by atoms with Gasteiger partial charge in [0, 0.05) is 11.9 Å². The molecule has 0 bridgehead atoms. The standard InChI is InChI=1S/C16H23N3OS/c1-17-7-4-13-5-8-19(9-6-13)11-14-12-21-16(18-14)15-3-2-10-20-15/h2-3,10,12-13,17H,4-9,11H2,1H3. The molecule has 0 radical (unpaired) electrons. The van der Waals surface area contributed by atoms with Crippen molar-refractivity contribution >= 4 is 11.3 Å². The number of aromatic nitrogens is 1. The fraction of sp³-hybridized carbons (Fsp3) is 0.562. The second kappa shape index (κ2) is 7.20. The Kier molecular flexibility index (Phi) is 5.06. The average molecular weight is 305 g/mol. The highest BCUT2D eigenvalue weighted by Gasteiger charge is 2.19. The molecule has 4 nitrogen and oxygen atoms in total. The first-order chi connectivity index (χ1) is 10.3. The summed E-state index contributed by atoms with van der Waals surface area (Å²) in [5, 5.41) is 6.39. The Morgan fingerprint density at radius 3 is 3.00 bits per heavy atom. The van der Waals surface area contributed by atoms with Crippen molar-refractivity contribution in [2.24, 2.45) is 5.92 Å². The van der Waals surface area contributed by atoms with E-state index in [1.54, 1.807) is 17.6 Å². The highest BCUT2D eigenvalue weighted by Crippen LogP contribution is 2.26. The number of likely N-dealkylation sites (tertiary alicyclic amines) is 1. The lowest BCUT2D eigenvalue weighted by Gasteiger charge is -2.31. The predicted octanol–water partition coefficient (Wildman–Crippen LogP) is 3.22. The topological polar surface area (TPSA) is 41.3 Å². The van der Waals surface area contributed by atoms with Crippen LogP contribution in [0.15, 0.2) is 28.2 Å². The molecule has 0 spiro atoms. The van der Waals surface area contributed by atoms with Crippen molar-refractivity contribution in [2.45, 2.75) is 25.8 Å². The zero-order valence-electron chi connectivity index (χ0n) is 12.5. The summed E-state index contributed by atoms with van der Waals surface area (Å²) in [5.41, 5.74) is 1.17. The lowest BCUT2D eigenvalue weighted by atomic mass is 9.93. The van der Waals surface area contributed by atoms with Crippen LogP contribution in [0.5, 0.6) is 0 Å².